The molecule has 142 valence electrons. The smallest absolute Gasteiger partial charge is 0.270 e. The molecule has 0 N–H and O–H groups in total. The molecule has 1 heterocycles. The van der Waals surface area contributed by atoms with Crippen molar-refractivity contribution in [2.24, 2.45) is 0 Å². The Hall–Kier alpha value is -4.06. The number of Topliss-reactive ketones (excluding diaryl/α,β-unsaturated/α-hetero) is 1. The van der Waals surface area contributed by atoms with Crippen molar-refractivity contribution in [1.29, 1.82) is 0 Å². The molecule has 0 spiro atoms. The first-order valence-corrected chi connectivity index (χ1v) is 8.99. The molecule has 0 saturated carbocycles. The number of nitro groups is 1. The molecule has 0 radical (unpaired) electrons. The Morgan fingerprint density at radius 3 is 2.24 bits per heavy atom. The standard InChI is InChI=1S/C23H16N2O4/c26-22(18-8-6-17(7-9-18)16-4-2-1-3-5-16)15-24-21-12-11-20(25(28)29)14-19(21)10-13-23(24)27/h1-14H,15H2. The lowest BCUT2D eigenvalue weighted by Gasteiger charge is -2.10. The van der Waals surface area contributed by atoms with Crippen molar-refractivity contribution in [3.8, 4) is 11.1 Å². The third kappa shape index (κ3) is 3.68. The fourth-order valence-corrected chi connectivity index (χ4v) is 3.28. The minimum Gasteiger partial charge on any atom is -0.300 e. The van der Waals surface area contributed by atoms with Gasteiger partial charge in [-0.2, -0.15) is 0 Å². The van der Waals surface area contributed by atoms with E-state index >= 15 is 0 Å². The molecule has 6 heteroatoms. The van der Waals surface area contributed by atoms with Gasteiger partial charge in [0.05, 0.1) is 17.0 Å². The first kappa shape index (κ1) is 18.3. The van der Waals surface area contributed by atoms with Gasteiger partial charge in [0, 0.05) is 29.1 Å². The van der Waals surface area contributed by atoms with E-state index < -0.39 is 4.92 Å². The second kappa shape index (κ2) is 7.52. The van der Waals surface area contributed by atoms with Crippen molar-refractivity contribution in [3.63, 3.8) is 0 Å². The molecule has 0 aliphatic rings. The molecule has 4 rings (SSSR count). The zero-order chi connectivity index (χ0) is 20.4. The summed E-state index contributed by atoms with van der Waals surface area (Å²) in [5.74, 6) is -0.211. The Balaban J connectivity index is 1.64. The molecule has 0 amide bonds. The highest BCUT2D eigenvalue weighted by Gasteiger charge is 2.13. The van der Waals surface area contributed by atoms with Crippen LogP contribution in [-0.4, -0.2) is 15.3 Å². The topological polar surface area (TPSA) is 82.2 Å². The Morgan fingerprint density at radius 2 is 1.55 bits per heavy atom. The lowest BCUT2D eigenvalue weighted by Crippen LogP contribution is -2.23. The number of pyridine rings is 1. The highest BCUT2D eigenvalue weighted by molar-refractivity contribution is 5.97. The van der Waals surface area contributed by atoms with E-state index in [0.29, 0.717) is 16.5 Å². The third-order valence-electron chi connectivity index (χ3n) is 4.80. The molecule has 0 saturated heterocycles. The van der Waals surface area contributed by atoms with Gasteiger partial charge in [-0.05, 0) is 23.3 Å². The van der Waals surface area contributed by atoms with Crippen molar-refractivity contribution in [1.82, 2.24) is 4.57 Å². The van der Waals surface area contributed by atoms with E-state index in [1.54, 1.807) is 12.1 Å². The number of fused-ring (bicyclic) bond motifs is 1. The number of carbonyl (C=O) groups is 1. The zero-order valence-corrected chi connectivity index (χ0v) is 15.3. The first-order chi connectivity index (χ1) is 14.0. The highest BCUT2D eigenvalue weighted by Crippen LogP contribution is 2.21. The molecule has 0 fully saturated rings. The van der Waals surface area contributed by atoms with Crippen LogP contribution < -0.4 is 5.56 Å². The number of carbonyl (C=O) groups excluding carboxylic acids is 1. The van der Waals surface area contributed by atoms with Crippen LogP contribution >= 0.6 is 0 Å². The van der Waals surface area contributed by atoms with E-state index in [0.717, 1.165) is 11.1 Å². The fourth-order valence-electron chi connectivity index (χ4n) is 3.28. The van der Waals surface area contributed by atoms with Crippen molar-refractivity contribution in [2.45, 2.75) is 6.54 Å². The van der Waals surface area contributed by atoms with E-state index in [2.05, 4.69) is 0 Å². The number of benzene rings is 3. The van der Waals surface area contributed by atoms with Crippen molar-refractivity contribution in [3.05, 3.63) is 111 Å². The lowest BCUT2D eigenvalue weighted by atomic mass is 10.0. The second-order valence-electron chi connectivity index (χ2n) is 6.62. The molecular weight excluding hydrogens is 368 g/mol. The maximum absolute atomic E-state index is 12.8. The Labute approximate surface area is 165 Å². The van der Waals surface area contributed by atoms with E-state index in [-0.39, 0.29) is 23.6 Å². The number of non-ortho nitro benzene ring substituents is 1. The molecule has 4 aromatic rings. The Bertz CT molecular complexity index is 1280. The van der Waals surface area contributed by atoms with Gasteiger partial charge < -0.3 is 4.57 Å². The number of rotatable bonds is 5. The summed E-state index contributed by atoms with van der Waals surface area (Å²) < 4.78 is 1.34. The Kier molecular flexibility index (Phi) is 4.75. The minimum atomic E-state index is -0.492. The fraction of sp³-hybridized carbons (Fsp3) is 0.0435. The molecule has 0 atom stereocenters. The SMILES string of the molecule is O=C(Cn1c(=O)ccc2cc([N+](=O)[O-])ccc21)c1ccc(-c2ccccc2)cc1. The molecule has 0 unspecified atom stereocenters. The van der Waals surface area contributed by atoms with Crippen LogP contribution in [0.4, 0.5) is 5.69 Å². The van der Waals surface area contributed by atoms with Gasteiger partial charge in [-0.15, -0.1) is 0 Å². The van der Waals surface area contributed by atoms with Crippen LogP contribution in [0, 0.1) is 10.1 Å². The van der Waals surface area contributed by atoms with Gasteiger partial charge in [0.25, 0.3) is 11.2 Å². The molecule has 3 aromatic carbocycles. The number of nitro benzene ring substituents is 1. The summed E-state index contributed by atoms with van der Waals surface area (Å²) in [5.41, 5.74) is 2.63. The van der Waals surface area contributed by atoms with Gasteiger partial charge in [-0.1, -0.05) is 54.6 Å². The van der Waals surface area contributed by atoms with Crippen LogP contribution in [0.5, 0.6) is 0 Å². The lowest BCUT2D eigenvalue weighted by molar-refractivity contribution is -0.384. The van der Waals surface area contributed by atoms with Crippen LogP contribution in [0.2, 0.25) is 0 Å². The number of hydrogen-bond donors (Lipinski definition) is 0. The van der Waals surface area contributed by atoms with E-state index in [1.807, 2.05) is 42.5 Å². The largest absolute Gasteiger partial charge is 0.300 e. The van der Waals surface area contributed by atoms with Crippen LogP contribution in [0.15, 0.2) is 89.7 Å². The average Bonchev–Trinajstić information content (AvgIpc) is 2.76. The van der Waals surface area contributed by atoms with Crippen molar-refractivity contribution >= 4 is 22.4 Å². The molecule has 6 nitrogen and oxygen atoms in total. The maximum Gasteiger partial charge on any atom is 0.270 e. The monoisotopic (exact) mass is 384 g/mol. The quantitative estimate of drug-likeness (QED) is 0.289. The third-order valence-corrected chi connectivity index (χ3v) is 4.80. The summed E-state index contributed by atoms with van der Waals surface area (Å²) in [6.45, 7) is -0.140. The van der Waals surface area contributed by atoms with Gasteiger partial charge in [0.15, 0.2) is 5.78 Å². The highest BCUT2D eigenvalue weighted by atomic mass is 16.6. The summed E-state index contributed by atoms with van der Waals surface area (Å²) in [7, 11) is 0. The van der Waals surface area contributed by atoms with Crippen LogP contribution in [-0.2, 0) is 6.54 Å². The zero-order valence-electron chi connectivity index (χ0n) is 15.3. The molecule has 29 heavy (non-hydrogen) atoms. The predicted octanol–water partition coefficient (Wildman–Crippen LogP) is 4.46. The molecule has 0 bridgehead atoms. The second-order valence-corrected chi connectivity index (χ2v) is 6.62. The van der Waals surface area contributed by atoms with Crippen LogP contribution in [0.1, 0.15) is 10.4 Å². The number of nitrogens with zero attached hydrogens (tertiary/aromatic N) is 2. The maximum atomic E-state index is 12.8. The predicted molar refractivity (Wildman–Crippen MR) is 111 cm³/mol. The summed E-state index contributed by atoms with van der Waals surface area (Å²) >= 11 is 0. The summed E-state index contributed by atoms with van der Waals surface area (Å²) in [5, 5.41) is 11.5. The molecular formula is C23H16N2O4. The van der Waals surface area contributed by atoms with Gasteiger partial charge >= 0.3 is 0 Å². The molecule has 1 aromatic heterocycles. The average molecular weight is 384 g/mol. The van der Waals surface area contributed by atoms with Crippen LogP contribution in [0.25, 0.3) is 22.0 Å². The Morgan fingerprint density at radius 1 is 0.862 bits per heavy atom. The van der Waals surface area contributed by atoms with E-state index in [4.69, 9.17) is 0 Å². The summed E-state index contributed by atoms with van der Waals surface area (Å²) in [6.07, 6.45) is 0. The molecule has 0 aliphatic carbocycles. The van der Waals surface area contributed by atoms with E-state index in [1.165, 1.54) is 34.9 Å². The number of aromatic nitrogens is 1. The van der Waals surface area contributed by atoms with E-state index in [9.17, 15) is 19.7 Å². The minimum absolute atomic E-state index is 0.0643. The van der Waals surface area contributed by atoms with Gasteiger partial charge in [-0.25, -0.2) is 0 Å². The number of hydrogen-bond acceptors (Lipinski definition) is 4. The van der Waals surface area contributed by atoms with Crippen LogP contribution in [0.3, 0.4) is 0 Å². The van der Waals surface area contributed by atoms with Gasteiger partial charge in [0.1, 0.15) is 0 Å². The summed E-state index contributed by atoms with van der Waals surface area (Å²) in [6, 6.07) is 24.1. The molecule has 0 aliphatic heterocycles. The normalized spacial score (nSPS) is 10.8. The number of ketones is 1. The van der Waals surface area contributed by atoms with Gasteiger partial charge in [-0.3, -0.25) is 19.7 Å². The van der Waals surface area contributed by atoms with Crippen molar-refractivity contribution in [2.75, 3.05) is 0 Å². The van der Waals surface area contributed by atoms with Gasteiger partial charge in [0.2, 0.25) is 0 Å². The first-order valence-electron chi connectivity index (χ1n) is 8.99. The summed E-state index contributed by atoms with van der Waals surface area (Å²) in [4.78, 5) is 35.6. The van der Waals surface area contributed by atoms with Crippen molar-refractivity contribution < 1.29 is 9.72 Å².